The normalized spacial score (nSPS) is 15.2. The number of hydrogen-bond donors (Lipinski definition) is 2. The van der Waals surface area contributed by atoms with Crippen LogP contribution < -0.4 is 11.1 Å². The van der Waals surface area contributed by atoms with Crippen LogP contribution in [0.15, 0.2) is 18.5 Å². The van der Waals surface area contributed by atoms with Crippen molar-refractivity contribution in [1.29, 1.82) is 0 Å². The number of rotatable bonds is 5. The maximum Gasteiger partial charge on any atom is 0.257 e. The molecule has 1 fully saturated rings. The van der Waals surface area contributed by atoms with Crippen molar-refractivity contribution < 1.29 is 0 Å². The third-order valence-electron chi connectivity index (χ3n) is 3.41. The Hall–Kier alpha value is -2.18. The minimum absolute atomic E-state index is 0.201. The van der Waals surface area contributed by atoms with E-state index in [2.05, 4.69) is 25.4 Å². The van der Waals surface area contributed by atoms with Crippen LogP contribution in [0.5, 0.6) is 0 Å². The standard InChI is InChI=1S/C12H17N7/c13-10-16-11(14-7-5-9-3-1-4-9)18-12(17-10)19-8-2-6-15-19/h2,6,8-9H,1,3-5,7H2,(H3,13,14,16,17,18). The summed E-state index contributed by atoms with van der Waals surface area (Å²) in [6.45, 7) is 0.868. The van der Waals surface area contributed by atoms with Crippen molar-refractivity contribution in [3.63, 3.8) is 0 Å². The highest BCUT2D eigenvalue weighted by atomic mass is 15.4. The second-order valence-corrected chi connectivity index (χ2v) is 4.78. The highest BCUT2D eigenvalue weighted by Gasteiger charge is 2.16. The van der Waals surface area contributed by atoms with Gasteiger partial charge in [0.1, 0.15) is 0 Å². The van der Waals surface area contributed by atoms with Crippen LogP contribution in [0, 0.1) is 5.92 Å². The Kier molecular flexibility index (Phi) is 3.26. The second kappa shape index (κ2) is 5.21. The largest absolute Gasteiger partial charge is 0.368 e. The zero-order valence-corrected chi connectivity index (χ0v) is 10.7. The van der Waals surface area contributed by atoms with Gasteiger partial charge in [-0.15, -0.1) is 0 Å². The molecule has 1 aliphatic rings. The van der Waals surface area contributed by atoms with Crippen LogP contribution in [0.3, 0.4) is 0 Å². The van der Waals surface area contributed by atoms with Crippen molar-refractivity contribution in [3.8, 4) is 5.95 Å². The molecule has 0 saturated heterocycles. The molecule has 0 radical (unpaired) electrons. The van der Waals surface area contributed by atoms with Gasteiger partial charge in [0.25, 0.3) is 5.95 Å². The van der Waals surface area contributed by atoms with E-state index in [1.807, 2.05) is 6.07 Å². The van der Waals surface area contributed by atoms with Crippen LogP contribution >= 0.6 is 0 Å². The first-order valence-corrected chi connectivity index (χ1v) is 6.57. The van der Waals surface area contributed by atoms with Gasteiger partial charge < -0.3 is 11.1 Å². The molecular weight excluding hydrogens is 242 g/mol. The van der Waals surface area contributed by atoms with Gasteiger partial charge in [0.05, 0.1) is 0 Å². The number of hydrogen-bond acceptors (Lipinski definition) is 6. The molecule has 0 atom stereocenters. The number of nitrogens with two attached hydrogens (primary N) is 1. The zero-order valence-electron chi connectivity index (χ0n) is 10.7. The molecule has 0 spiro atoms. The van der Waals surface area contributed by atoms with Gasteiger partial charge in [0.2, 0.25) is 11.9 Å². The molecule has 3 N–H and O–H groups in total. The van der Waals surface area contributed by atoms with Gasteiger partial charge in [0, 0.05) is 18.9 Å². The molecule has 2 heterocycles. The molecule has 0 unspecified atom stereocenters. The molecule has 0 aliphatic heterocycles. The SMILES string of the molecule is Nc1nc(NCCC2CCC2)nc(-n2cccn2)n1. The summed E-state index contributed by atoms with van der Waals surface area (Å²) in [4.78, 5) is 12.5. The number of nitrogens with zero attached hydrogens (tertiary/aromatic N) is 5. The number of nitrogen functional groups attached to an aromatic ring is 1. The maximum atomic E-state index is 5.69. The van der Waals surface area contributed by atoms with Crippen molar-refractivity contribution in [2.45, 2.75) is 25.7 Å². The fourth-order valence-electron chi connectivity index (χ4n) is 2.12. The Bertz CT molecular complexity index is 533. The summed E-state index contributed by atoms with van der Waals surface area (Å²) in [5, 5.41) is 7.28. The number of anilines is 2. The van der Waals surface area contributed by atoms with E-state index in [-0.39, 0.29) is 5.95 Å². The Morgan fingerprint density at radius 3 is 2.89 bits per heavy atom. The third-order valence-corrected chi connectivity index (χ3v) is 3.41. The van der Waals surface area contributed by atoms with E-state index in [0.29, 0.717) is 11.9 Å². The molecule has 100 valence electrons. The molecule has 2 aromatic heterocycles. The first-order valence-electron chi connectivity index (χ1n) is 6.57. The van der Waals surface area contributed by atoms with Gasteiger partial charge in [-0.05, 0) is 18.4 Å². The van der Waals surface area contributed by atoms with E-state index in [4.69, 9.17) is 5.73 Å². The van der Waals surface area contributed by atoms with Crippen LogP contribution in [0.1, 0.15) is 25.7 Å². The van der Waals surface area contributed by atoms with Crippen molar-refractivity contribution in [2.75, 3.05) is 17.6 Å². The fourth-order valence-corrected chi connectivity index (χ4v) is 2.12. The summed E-state index contributed by atoms with van der Waals surface area (Å²) >= 11 is 0. The van der Waals surface area contributed by atoms with Gasteiger partial charge in [0.15, 0.2) is 0 Å². The Labute approximate surface area is 111 Å². The summed E-state index contributed by atoms with van der Waals surface area (Å²) in [5.74, 6) is 2.00. The molecule has 2 aromatic rings. The molecule has 3 rings (SSSR count). The van der Waals surface area contributed by atoms with E-state index in [1.54, 1.807) is 17.1 Å². The highest BCUT2D eigenvalue weighted by Crippen LogP contribution is 2.28. The van der Waals surface area contributed by atoms with Crippen LogP contribution in [0.2, 0.25) is 0 Å². The molecule has 7 heteroatoms. The van der Waals surface area contributed by atoms with Crippen LogP contribution in [-0.2, 0) is 0 Å². The molecule has 19 heavy (non-hydrogen) atoms. The van der Waals surface area contributed by atoms with Crippen molar-refractivity contribution >= 4 is 11.9 Å². The smallest absolute Gasteiger partial charge is 0.257 e. The molecule has 0 amide bonds. The summed E-state index contributed by atoms with van der Waals surface area (Å²) in [5.41, 5.74) is 5.69. The van der Waals surface area contributed by atoms with E-state index >= 15 is 0 Å². The molecule has 1 aliphatic carbocycles. The van der Waals surface area contributed by atoms with E-state index in [9.17, 15) is 0 Å². The lowest BCUT2D eigenvalue weighted by atomic mass is 9.83. The lowest BCUT2D eigenvalue weighted by molar-refractivity contribution is 0.303. The van der Waals surface area contributed by atoms with E-state index in [0.717, 1.165) is 18.9 Å². The zero-order chi connectivity index (χ0) is 13.1. The quantitative estimate of drug-likeness (QED) is 0.839. The van der Waals surface area contributed by atoms with Crippen LogP contribution in [-0.4, -0.2) is 31.3 Å². The first kappa shape index (κ1) is 11.9. The average Bonchev–Trinajstić information content (AvgIpc) is 2.85. The predicted molar refractivity (Wildman–Crippen MR) is 71.8 cm³/mol. The highest BCUT2D eigenvalue weighted by molar-refractivity contribution is 5.34. The Balaban J connectivity index is 1.67. The molecule has 0 bridgehead atoms. The maximum absolute atomic E-state index is 5.69. The average molecular weight is 259 g/mol. The minimum atomic E-state index is 0.201. The van der Waals surface area contributed by atoms with Gasteiger partial charge in [-0.25, -0.2) is 4.68 Å². The second-order valence-electron chi connectivity index (χ2n) is 4.78. The van der Waals surface area contributed by atoms with Crippen molar-refractivity contribution in [3.05, 3.63) is 18.5 Å². The monoisotopic (exact) mass is 259 g/mol. The Morgan fingerprint density at radius 1 is 1.32 bits per heavy atom. The summed E-state index contributed by atoms with van der Waals surface area (Å²) < 4.78 is 1.56. The fraction of sp³-hybridized carbons (Fsp3) is 0.500. The van der Waals surface area contributed by atoms with Crippen LogP contribution in [0.4, 0.5) is 11.9 Å². The lowest BCUT2D eigenvalue weighted by Crippen LogP contribution is -2.17. The van der Waals surface area contributed by atoms with E-state index in [1.165, 1.54) is 19.3 Å². The molecule has 7 nitrogen and oxygen atoms in total. The van der Waals surface area contributed by atoms with Crippen LogP contribution in [0.25, 0.3) is 5.95 Å². The van der Waals surface area contributed by atoms with Gasteiger partial charge in [-0.2, -0.15) is 20.1 Å². The summed E-state index contributed by atoms with van der Waals surface area (Å²) in [6, 6.07) is 1.81. The first-order chi connectivity index (χ1) is 9.31. The van der Waals surface area contributed by atoms with Gasteiger partial charge >= 0.3 is 0 Å². The minimum Gasteiger partial charge on any atom is -0.368 e. The summed E-state index contributed by atoms with van der Waals surface area (Å²) in [6.07, 6.45) is 8.66. The predicted octanol–water partition coefficient (Wildman–Crippen LogP) is 1.24. The summed E-state index contributed by atoms with van der Waals surface area (Å²) in [7, 11) is 0. The lowest BCUT2D eigenvalue weighted by Gasteiger charge is -2.25. The number of nitrogens with one attached hydrogen (secondary N) is 1. The van der Waals surface area contributed by atoms with Crippen molar-refractivity contribution in [1.82, 2.24) is 24.7 Å². The third kappa shape index (κ3) is 2.81. The molecule has 1 saturated carbocycles. The molecule has 0 aromatic carbocycles. The van der Waals surface area contributed by atoms with Gasteiger partial charge in [-0.1, -0.05) is 19.3 Å². The topological polar surface area (TPSA) is 94.5 Å². The number of aromatic nitrogens is 5. The van der Waals surface area contributed by atoms with E-state index < -0.39 is 0 Å². The Morgan fingerprint density at radius 2 is 2.21 bits per heavy atom. The van der Waals surface area contributed by atoms with Gasteiger partial charge in [-0.3, -0.25) is 0 Å². The van der Waals surface area contributed by atoms with Crippen molar-refractivity contribution in [2.24, 2.45) is 5.92 Å². The molecular formula is C12H17N7.